The topological polar surface area (TPSA) is 133 Å². The summed E-state index contributed by atoms with van der Waals surface area (Å²) in [5, 5.41) is 3.41. The lowest BCUT2D eigenvalue weighted by atomic mass is 10.0. The fraction of sp³-hybridized carbons (Fsp3) is 0.333. The van der Waals surface area contributed by atoms with Gasteiger partial charge in [0.15, 0.2) is 11.6 Å². The second kappa shape index (κ2) is 12.3. The van der Waals surface area contributed by atoms with E-state index in [2.05, 4.69) is 20.2 Å². The van der Waals surface area contributed by atoms with Crippen LogP contribution in [0.2, 0.25) is 0 Å². The number of fused-ring (bicyclic) bond motifs is 3. The lowest BCUT2D eigenvalue weighted by Gasteiger charge is -2.31. The Morgan fingerprint density at radius 1 is 1.18 bits per heavy atom. The first-order valence-electron chi connectivity index (χ1n) is 14.0. The summed E-state index contributed by atoms with van der Waals surface area (Å²) in [4.78, 5) is 28.0. The standard InChI is InChI=1S/C30H29F2N5O6S/c1-41-11-12-43-30-21-3-2-9-37(24(21)6-8-33-30)27-5-4-18-16-34-20(15-23(18)36-27)17-35-29(38)19-13-22(31)28-25(14-19)44(39,40)26(32)7-10-42-28/h4-6,8,13-16,26H,2-3,7,9-12,17H2,1H3,(H,35,38)/t26-/m1/s1. The highest BCUT2D eigenvalue weighted by Gasteiger charge is 2.35. The van der Waals surface area contributed by atoms with Crippen LogP contribution in [0.3, 0.4) is 0 Å². The Hall–Kier alpha value is -4.43. The number of aromatic nitrogens is 3. The maximum absolute atomic E-state index is 14.7. The number of alkyl halides is 1. The fourth-order valence-corrected chi connectivity index (χ4v) is 6.62. The summed E-state index contributed by atoms with van der Waals surface area (Å²) in [6.45, 7) is 1.26. The zero-order valence-electron chi connectivity index (χ0n) is 23.8. The van der Waals surface area contributed by atoms with Gasteiger partial charge >= 0.3 is 0 Å². The molecule has 11 nitrogen and oxygen atoms in total. The predicted molar refractivity (Wildman–Crippen MR) is 156 cm³/mol. The van der Waals surface area contributed by atoms with Crippen LogP contribution in [0, 0.1) is 5.82 Å². The average molecular weight is 626 g/mol. The summed E-state index contributed by atoms with van der Waals surface area (Å²) in [5.74, 6) is -1.09. The second-order valence-electron chi connectivity index (χ2n) is 10.3. The molecule has 1 aromatic carbocycles. The van der Waals surface area contributed by atoms with E-state index in [0.717, 1.165) is 54.0 Å². The van der Waals surface area contributed by atoms with E-state index < -0.39 is 44.1 Å². The number of benzene rings is 1. The van der Waals surface area contributed by atoms with Gasteiger partial charge in [-0.25, -0.2) is 27.2 Å². The number of carbonyl (C=O) groups excluding carboxylic acids is 1. The number of pyridine rings is 3. The quantitative estimate of drug-likeness (QED) is 0.286. The lowest BCUT2D eigenvalue weighted by molar-refractivity contribution is 0.0949. The number of amides is 1. The Balaban J connectivity index is 1.22. The lowest BCUT2D eigenvalue weighted by Crippen LogP contribution is -2.26. The Morgan fingerprint density at radius 3 is 2.89 bits per heavy atom. The molecule has 1 N–H and O–H groups in total. The van der Waals surface area contributed by atoms with Crippen molar-refractivity contribution >= 4 is 38.2 Å². The van der Waals surface area contributed by atoms with Crippen molar-refractivity contribution in [2.75, 3.05) is 38.4 Å². The van der Waals surface area contributed by atoms with E-state index in [-0.39, 0.29) is 18.7 Å². The molecule has 0 spiro atoms. The molecular formula is C30H29F2N5O6S. The molecule has 0 aliphatic carbocycles. The van der Waals surface area contributed by atoms with E-state index >= 15 is 0 Å². The molecule has 0 fully saturated rings. The van der Waals surface area contributed by atoms with Crippen molar-refractivity contribution in [3.8, 4) is 11.6 Å². The summed E-state index contributed by atoms with van der Waals surface area (Å²) in [6.07, 6.45) is 4.61. The molecule has 4 aromatic rings. The molecule has 0 saturated carbocycles. The number of halogens is 2. The fourth-order valence-electron chi connectivity index (χ4n) is 5.23. The van der Waals surface area contributed by atoms with Gasteiger partial charge < -0.3 is 24.4 Å². The van der Waals surface area contributed by atoms with Crippen molar-refractivity contribution in [1.29, 1.82) is 0 Å². The van der Waals surface area contributed by atoms with Crippen molar-refractivity contribution in [1.82, 2.24) is 20.3 Å². The Labute approximate surface area is 252 Å². The Morgan fingerprint density at radius 2 is 2.05 bits per heavy atom. The molecule has 0 saturated heterocycles. The van der Waals surface area contributed by atoms with Gasteiger partial charge in [0.2, 0.25) is 21.2 Å². The van der Waals surface area contributed by atoms with Gasteiger partial charge in [0.1, 0.15) is 17.3 Å². The summed E-state index contributed by atoms with van der Waals surface area (Å²) in [7, 11) is -2.90. The minimum atomic E-state index is -4.52. The zero-order chi connectivity index (χ0) is 30.8. The van der Waals surface area contributed by atoms with E-state index in [1.165, 1.54) is 0 Å². The van der Waals surface area contributed by atoms with Crippen molar-refractivity contribution in [2.24, 2.45) is 0 Å². The van der Waals surface area contributed by atoms with Gasteiger partial charge in [-0.15, -0.1) is 0 Å². The third kappa shape index (κ3) is 5.74. The summed E-state index contributed by atoms with van der Waals surface area (Å²) >= 11 is 0. The smallest absolute Gasteiger partial charge is 0.251 e. The molecule has 0 radical (unpaired) electrons. The molecule has 230 valence electrons. The molecule has 1 amide bonds. The minimum Gasteiger partial charge on any atom is -0.489 e. The number of hydrogen-bond donors (Lipinski definition) is 1. The Bertz CT molecular complexity index is 1840. The minimum absolute atomic E-state index is 0.0469. The zero-order valence-corrected chi connectivity index (χ0v) is 24.6. The highest BCUT2D eigenvalue weighted by molar-refractivity contribution is 7.92. The van der Waals surface area contributed by atoms with Crippen LogP contribution in [0.15, 0.2) is 53.7 Å². The highest BCUT2D eigenvalue weighted by Crippen LogP contribution is 2.37. The van der Waals surface area contributed by atoms with Gasteiger partial charge in [-0.1, -0.05) is 0 Å². The van der Waals surface area contributed by atoms with E-state index in [1.54, 1.807) is 25.6 Å². The third-order valence-electron chi connectivity index (χ3n) is 7.45. The third-order valence-corrected chi connectivity index (χ3v) is 9.27. The largest absolute Gasteiger partial charge is 0.489 e. The molecule has 1 atom stereocenters. The molecule has 44 heavy (non-hydrogen) atoms. The van der Waals surface area contributed by atoms with Gasteiger partial charge in [-0.2, -0.15) is 0 Å². The maximum Gasteiger partial charge on any atom is 0.251 e. The highest BCUT2D eigenvalue weighted by atomic mass is 32.2. The predicted octanol–water partition coefficient (Wildman–Crippen LogP) is 4.06. The summed E-state index contributed by atoms with van der Waals surface area (Å²) in [5.41, 5.74) is 0.548. The number of nitrogens with one attached hydrogen (secondary N) is 1. The van der Waals surface area contributed by atoms with Gasteiger partial charge in [0.05, 0.1) is 36.7 Å². The molecule has 0 unspecified atom stereocenters. The molecule has 14 heteroatoms. The van der Waals surface area contributed by atoms with Crippen LogP contribution >= 0.6 is 0 Å². The monoisotopic (exact) mass is 625 g/mol. The van der Waals surface area contributed by atoms with Crippen molar-refractivity contribution in [3.63, 3.8) is 0 Å². The van der Waals surface area contributed by atoms with Gasteiger partial charge in [0, 0.05) is 49.0 Å². The molecule has 5 heterocycles. The van der Waals surface area contributed by atoms with Crippen LogP contribution in [-0.4, -0.2) is 68.3 Å². The number of ether oxygens (including phenoxy) is 3. The number of rotatable bonds is 8. The first-order valence-corrected chi connectivity index (χ1v) is 15.6. The molecular weight excluding hydrogens is 596 g/mol. The van der Waals surface area contributed by atoms with E-state index in [9.17, 15) is 22.0 Å². The number of methoxy groups -OCH3 is 1. The van der Waals surface area contributed by atoms with Crippen molar-refractivity contribution in [2.45, 2.75) is 36.2 Å². The van der Waals surface area contributed by atoms with Crippen LogP contribution in [0.4, 0.5) is 20.3 Å². The normalized spacial score (nSPS) is 17.2. The molecule has 2 aliphatic heterocycles. The van der Waals surface area contributed by atoms with Crippen LogP contribution < -0.4 is 19.7 Å². The number of nitrogens with zero attached hydrogens (tertiary/aromatic N) is 4. The summed E-state index contributed by atoms with van der Waals surface area (Å²) < 4.78 is 70.1. The molecule has 3 aromatic heterocycles. The van der Waals surface area contributed by atoms with Gasteiger partial charge in [-0.05, 0) is 49.2 Å². The maximum atomic E-state index is 14.7. The van der Waals surface area contributed by atoms with Gasteiger partial charge in [0.25, 0.3) is 5.91 Å². The first-order chi connectivity index (χ1) is 21.3. The van der Waals surface area contributed by atoms with Crippen LogP contribution in [0.5, 0.6) is 11.6 Å². The molecule has 6 rings (SSSR count). The van der Waals surface area contributed by atoms with Crippen LogP contribution in [0.25, 0.3) is 10.9 Å². The van der Waals surface area contributed by atoms with E-state index in [1.807, 2.05) is 18.2 Å². The molecule has 0 bridgehead atoms. The SMILES string of the molecule is COCCOc1nccc2c1CCCN2c1ccc2cnc(CNC(=O)c3cc(F)c4c(c3)S(=O)(=O)[C@@H](F)CCO4)cc2n1. The Kier molecular flexibility index (Phi) is 8.27. The number of carbonyl (C=O) groups is 1. The van der Waals surface area contributed by atoms with E-state index in [4.69, 9.17) is 19.2 Å². The summed E-state index contributed by atoms with van der Waals surface area (Å²) in [6, 6.07) is 9.30. The van der Waals surface area contributed by atoms with Crippen molar-refractivity contribution in [3.05, 3.63) is 71.4 Å². The first kappa shape index (κ1) is 29.6. The number of anilines is 2. The van der Waals surface area contributed by atoms with Crippen LogP contribution in [-0.2, 0) is 27.5 Å². The van der Waals surface area contributed by atoms with Crippen LogP contribution in [0.1, 0.15) is 34.5 Å². The number of sulfone groups is 1. The van der Waals surface area contributed by atoms with E-state index in [0.29, 0.717) is 30.3 Å². The number of hydrogen-bond acceptors (Lipinski definition) is 10. The second-order valence-corrected chi connectivity index (χ2v) is 12.3. The average Bonchev–Trinajstić information content (AvgIpc) is 3.14. The molecule has 2 aliphatic rings. The van der Waals surface area contributed by atoms with Gasteiger partial charge in [-0.3, -0.25) is 9.78 Å². The van der Waals surface area contributed by atoms with Crippen molar-refractivity contribution < 1.29 is 36.2 Å².